The van der Waals surface area contributed by atoms with Crippen molar-refractivity contribution in [3.63, 3.8) is 0 Å². The Morgan fingerprint density at radius 1 is 1.00 bits per heavy atom. The number of benzene rings is 1. The zero-order valence-corrected chi connectivity index (χ0v) is 14.9. The number of hydrogen-bond acceptors (Lipinski definition) is 4. The Morgan fingerprint density at radius 2 is 1.85 bits per heavy atom. The first-order chi connectivity index (χ1) is 12.6. The summed E-state index contributed by atoms with van der Waals surface area (Å²) >= 11 is 0. The summed E-state index contributed by atoms with van der Waals surface area (Å²) < 4.78 is 3.75. The van der Waals surface area contributed by atoms with E-state index in [0.717, 1.165) is 22.4 Å². The minimum atomic E-state index is -0.564. The SMILES string of the molecule is Cc1cc2ncn(C[C@@H](O)Cn3ccc(-c4ccccn4)n3)c2cc1C. The molecule has 6 heteroatoms. The third-order valence-corrected chi connectivity index (χ3v) is 4.61. The highest BCUT2D eigenvalue weighted by Gasteiger charge is 2.12. The molecule has 0 spiro atoms. The van der Waals surface area contributed by atoms with Crippen molar-refractivity contribution in [3.05, 3.63) is 66.2 Å². The molecule has 26 heavy (non-hydrogen) atoms. The highest BCUT2D eigenvalue weighted by molar-refractivity contribution is 5.77. The quantitative estimate of drug-likeness (QED) is 0.603. The smallest absolute Gasteiger partial charge is 0.111 e. The van der Waals surface area contributed by atoms with E-state index >= 15 is 0 Å². The normalized spacial score (nSPS) is 12.6. The minimum absolute atomic E-state index is 0.414. The molecule has 3 heterocycles. The number of rotatable bonds is 5. The number of aliphatic hydroxyl groups excluding tert-OH is 1. The molecule has 0 amide bonds. The van der Waals surface area contributed by atoms with Gasteiger partial charge >= 0.3 is 0 Å². The second-order valence-corrected chi connectivity index (χ2v) is 6.61. The Hall–Kier alpha value is -2.99. The molecule has 132 valence electrons. The van der Waals surface area contributed by atoms with E-state index in [-0.39, 0.29) is 0 Å². The molecule has 0 aliphatic rings. The van der Waals surface area contributed by atoms with Crippen LogP contribution in [0.4, 0.5) is 0 Å². The lowest BCUT2D eigenvalue weighted by atomic mass is 10.1. The van der Waals surface area contributed by atoms with Gasteiger partial charge < -0.3 is 9.67 Å². The van der Waals surface area contributed by atoms with E-state index in [9.17, 15) is 5.11 Å². The van der Waals surface area contributed by atoms with Crippen molar-refractivity contribution in [3.8, 4) is 11.4 Å². The van der Waals surface area contributed by atoms with Crippen LogP contribution in [0, 0.1) is 13.8 Å². The van der Waals surface area contributed by atoms with Crippen molar-refractivity contribution in [2.24, 2.45) is 0 Å². The number of imidazole rings is 1. The molecule has 1 aromatic carbocycles. The molecule has 4 aromatic rings. The van der Waals surface area contributed by atoms with Gasteiger partial charge in [-0.15, -0.1) is 0 Å². The molecule has 0 radical (unpaired) electrons. The zero-order chi connectivity index (χ0) is 18.1. The van der Waals surface area contributed by atoms with E-state index in [4.69, 9.17) is 0 Å². The zero-order valence-electron chi connectivity index (χ0n) is 14.9. The second-order valence-electron chi connectivity index (χ2n) is 6.61. The Bertz CT molecular complexity index is 1030. The summed E-state index contributed by atoms with van der Waals surface area (Å²) in [5.41, 5.74) is 6.07. The van der Waals surface area contributed by atoms with Crippen molar-refractivity contribution in [1.29, 1.82) is 0 Å². The van der Waals surface area contributed by atoms with Crippen molar-refractivity contribution in [2.75, 3.05) is 0 Å². The van der Waals surface area contributed by atoms with Crippen LogP contribution in [0.3, 0.4) is 0 Å². The molecular weight excluding hydrogens is 326 g/mol. The van der Waals surface area contributed by atoms with Gasteiger partial charge in [0.1, 0.15) is 5.69 Å². The first kappa shape index (κ1) is 16.5. The molecule has 6 nitrogen and oxygen atoms in total. The highest BCUT2D eigenvalue weighted by atomic mass is 16.3. The van der Waals surface area contributed by atoms with E-state index in [1.165, 1.54) is 11.1 Å². The molecule has 1 atom stereocenters. The van der Waals surface area contributed by atoms with Gasteiger partial charge in [-0.3, -0.25) is 9.67 Å². The fraction of sp³-hybridized carbons (Fsp3) is 0.250. The number of aliphatic hydroxyl groups is 1. The van der Waals surface area contributed by atoms with E-state index in [2.05, 4.69) is 41.0 Å². The number of aryl methyl sites for hydroxylation is 2. The topological polar surface area (TPSA) is 68.8 Å². The summed E-state index contributed by atoms with van der Waals surface area (Å²) in [5, 5.41) is 15.0. The van der Waals surface area contributed by atoms with Crippen LogP contribution in [0.2, 0.25) is 0 Å². The Kier molecular flexibility index (Phi) is 4.26. The number of hydrogen-bond donors (Lipinski definition) is 1. The summed E-state index contributed by atoms with van der Waals surface area (Å²) in [4.78, 5) is 8.75. The van der Waals surface area contributed by atoms with Crippen LogP contribution in [0.25, 0.3) is 22.4 Å². The van der Waals surface area contributed by atoms with Crippen LogP contribution in [-0.2, 0) is 13.1 Å². The van der Waals surface area contributed by atoms with Crippen molar-refractivity contribution >= 4 is 11.0 Å². The summed E-state index contributed by atoms with van der Waals surface area (Å²) in [6.07, 6.45) is 4.84. The maximum atomic E-state index is 10.5. The van der Waals surface area contributed by atoms with Crippen LogP contribution in [0.5, 0.6) is 0 Å². The molecular formula is C20H21N5O. The fourth-order valence-electron chi connectivity index (χ4n) is 3.07. The van der Waals surface area contributed by atoms with Gasteiger partial charge in [-0.25, -0.2) is 4.98 Å². The lowest BCUT2D eigenvalue weighted by molar-refractivity contribution is 0.131. The molecule has 1 N–H and O–H groups in total. The molecule has 4 rings (SSSR count). The lowest BCUT2D eigenvalue weighted by Gasteiger charge is -2.13. The maximum Gasteiger partial charge on any atom is 0.111 e. The summed E-state index contributed by atoms with van der Waals surface area (Å²) in [6, 6.07) is 11.9. The third kappa shape index (κ3) is 3.23. The van der Waals surface area contributed by atoms with Gasteiger partial charge in [-0.1, -0.05) is 6.07 Å². The number of aromatic nitrogens is 5. The summed E-state index contributed by atoms with van der Waals surface area (Å²) in [6.45, 7) is 5.06. The predicted molar refractivity (Wildman–Crippen MR) is 101 cm³/mol. The molecule has 0 fully saturated rings. The Balaban J connectivity index is 1.49. The fourth-order valence-corrected chi connectivity index (χ4v) is 3.07. The summed E-state index contributed by atoms with van der Waals surface area (Å²) in [5.74, 6) is 0. The third-order valence-electron chi connectivity index (χ3n) is 4.61. The van der Waals surface area contributed by atoms with Crippen LogP contribution >= 0.6 is 0 Å². The van der Waals surface area contributed by atoms with E-state index in [0.29, 0.717) is 13.1 Å². The molecule has 0 unspecified atom stereocenters. The molecule has 3 aromatic heterocycles. The first-order valence-corrected chi connectivity index (χ1v) is 8.65. The van der Waals surface area contributed by atoms with Gasteiger partial charge in [-0.2, -0.15) is 5.10 Å². The van der Waals surface area contributed by atoms with Gasteiger partial charge in [0.2, 0.25) is 0 Å². The van der Waals surface area contributed by atoms with Crippen molar-refractivity contribution in [2.45, 2.75) is 33.0 Å². The van der Waals surface area contributed by atoms with Crippen molar-refractivity contribution < 1.29 is 5.11 Å². The standard InChI is InChI=1S/C20H21N5O/c1-14-9-19-20(10-15(14)2)24(13-22-19)11-16(26)12-25-8-6-18(23-25)17-5-3-4-7-21-17/h3-10,13,16,26H,11-12H2,1-2H3/t16-/m1/s1. The maximum absolute atomic E-state index is 10.5. The Morgan fingerprint density at radius 3 is 2.65 bits per heavy atom. The average Bonchev–Trinajstić information content (AvgIpc) is 3.24. The molecule has 0 saturated carbocycles. The molecule has 0 aliphatic carbocycles. The van der Waals surface area contributed by atoms with Crippen LogP contribution in [-0.4, -0.2) is 35.5 Å². The van der Waals surface area contributed by atoms with Crippen LogP contribution in [0.1, 0.15) is 11.1 Å². The average molecular weight is 347 g/mol. The van der Waals surface area contributed by atoms with Gasteiger partial charge in [0.25, 0.3) is 0 Å². The van der Waals surface area contributed by atoms with Gasteiger partial charge in [0, 0.05) is 12.4 Å². The van der Waals surface area contributed by atoms with Crippen LogP contribution < -0.4 is 0 Å². The van der Waals surface area contributed by atoms with Gasteiger partial charge in [-0.05, 0) is 55.3 Å². The van der Waals surface area contributed by atoms with E-state index < -0.39 is 6.10 Å². The van der Waals surface area contributed by atoms with E-state index in [1.807, 2.05) is 35.0 Å². The van der Waals surface area contributed by atoms with Crippen molar-refractivity contribution in [1.82, 2.24) is 24.3 Å². The van der Waals surface area contributed by atoms with E-state index in [1.54, 1.807) is 17.2 Å². The van der Waals surface area contributed by atoms with Gasteiger partial charge in [0.05, 0.1) is 42.2 Å². The number of pyridine rings is 1. The highest BCUT2D eigenvalue weighted by Crippen LogP contribution is 2.19. The monoisotopic (exact) mass is 347 g/mol. The largest absolute Gasteiger partial charge is 0.389 e. The summed E-state index contributed by atoms with van der Waals surface area (Å²) in [7, 11) is 0. The van der Waals surface area contributed by atoms with Gasteiger partial charge in [0.15, 0.2) is 0 Å². The second kappa shape index (κ2) is 6.72. The molecule has 0 saturated heterocycles. The number of nitrogens with zero attached hydrogens (tertiary/aromatic N) is 5. The minimum Gasteiger partial charge on any atom is -0.389 e. The predicted octanol–water partition coefficient (Wildman–Crippen LogP) is 2.97. The first-order valence-electron chi connectivity index (χ1n) is 8.65. The van der Waals surface area contributed by atoms with Crippen LogP contribution in [0.15, 0.2) is 55.1 Å². The molecule has 0 aliphatic heterocycles. The Labute approximate surface area is 151 Å². The molecule has 0 bridgehead atoms. The lowest BCUT2D eigenvalue weighted by Crippen LogP contribution is -2.22. The number of fused-ring (bicyclic) bond motifs is 1.